The fraction of sp³-hybridized carbons (Fsp3) is 0.348. The number of carbonyl (C=O) groups excluding carboxylic acids is 1. The molecule has 34 heavy (non-hydrogen) atoms. The Balaban J connectivity index is 1.44. The van der Waals surface area contributed by atoms with Gasteiger partial charge in [-0.15, -0.1) is 6.42 Å². The molecule has 176 valence electrons. The Morgan fingerprint density at radius 2 is 1.97 bits per heavy atom. The first-order valence-corrected chi connectivity index (χ1v) is 10.7. The predicted octanol–water partition coefficient (Wildman–Crippen LogP) is 3.36. The maximum atomic E-state index is 14.7. The Hall–Kier alpha value is -4.20. The van der Waals surface area contributed by atoms with E-state index in [1.54, 1.807) is 24.8 Å². The average Bonchev–Trinajstić information content (AvgIpc) is 3.36. The highest BCUT2D eigenvalue weighted by Crippen LogP contribution is 2.31. The van der Waals surface area contributed by atoms with E-state index in [1.807, 2.05) is 0 Å². The topological polar surface area (TPSA) is 104 Å². The number of rotatable bonds is 6. The Bertz CT molecular complexity index is 1190. The van der Waals surface area contributed by atoms with Gasteiger partial charge in [0.2, 0.25) is 11.8 Å². The molecule has 0 unspecified atom stereocenters. The van der Waals surface area contributed by atoms with Gasteiger partial charge in [-0.25, -0.2) is 28.8 Å². The zero-order chi connectivity index (χ0) is 24.1. The third-order valence-electron chi connectivity index (χ3n) is 5.04. The first-order valence-electron chi connectivity index (χ1n) is 10.7. The summed E-state index contributed by atoms with van der Waals surface area (Å²) in [7, 11) is 0. The highest BCUT2D eigenvalue weighted by atomic mass is 19.1. The van der Waals surface area contributed by atoms with Crippen molar-refractivity contribution < 1.29 is 23.4 Å². The number of halogens is 1. The molecule has 11 heteroatoms. The summed E-state index contributed by atoms with van der Waals surface area (Å²) in [5, 5.41) is 3.97. The molecule has 1 saturated heterocycles. The number of hydrogen-bond acceptors (Lipinski definition) is 8. The molecular weight excluding hydrogens is 443 g/mol. The summed E-state index contributed by atoms with van der Waals surface area (Å²) >= 11 is 0. The minimum Gasteiger partial charge on any atom is -0.473 e. The van der Waals surface area contributed by atoms with E-state index in [4.69, 9.17) is 20.6 Å². The van der Waals surface area contributed by atoms with Gasteiger partial charge in [0.05, 0.1) is 11.8 Å². The molecule has 1 fully saturated rings. The first kappa shape index (κ1) is 23.0. The second-order valence-corrected chi connectivity index (χ2v) is 7.80. The summed E-state index contributed by atoms with van der Waals surface area (Å²) in [4.78, 5) is 25.7. The molecule has 10 nitrogen and oxygen atoms in total. The van der Waals surface area contributed by atoms with E-state index < -0.39 is 5.82 Å². The van der Waals surface area contributed by atoms with Gasteiger partial charge in [-0.3, -0.25) is 0 Å². The summed E-state index contributed by atoms with van der Waals surface area (Å²) in [6.07, 6.45) is 10.1. The van der Waals surface area contributed by atoms with Gasteiger partial charge in [0.15, 0.2) is 11.6 Å². The van der Waals surface area contributed by atoms with Crippen LogP contribution in [0.1, 0.15) is 32.3 Å². The van der Waals surface area contributed by atoms with Crippen LogP contribution in [-0.2, 0) is 4.74 Å². The van der Waals surface area contributed by atoms with Gasteiger partial charge in [-0.2, -0.15) is 5.10 Å². The van der Waals surface area contributed by atoms with Gasteiger partial charge in [-0.1, -0.05) is 5.92 Å². The molecule has 0 N–H and O–H groups in total. The molecule has 1 aliphatic heterocycles. The minimum absolute atomic E-state index is 0.00199. The number of terminal acetylenes is 1. The third-order valence-corrected chi connectivity index (χ3v) is 5.04. The molecule has 3 aromatic rings. The van der Waals surface area contributed by atoms with Crippen LogP contribution >= 0.6 is 0 Å². The van der Waals surface area contributed by atoms with Gasteiger partial charge in [0, 0.05) is 32.0 Å². The predicted molar refractivity (Wildman–Crippen MR) is 118 cm³/mol. The number of nitrogens with zero attached hydrogens (tertiary/aromatic N) is 6. The van der Waals surface area contributed by atoms with E-state index in [1.165, 1.54) is 35.8 Å². The highest BCUT2D eigenvalue weighted by molar-refractivity contribution is 5.67. The molecule has 0 atom stereocenters. The maximum absolute atomic E-state index is 14.7. The van der Waals surface area contributed by atoms with Crippen LogP contribution in [0.2, 0.25) is 0 Å². The maximum Gasteiger partial charge on any atom is 0.410 e. The Morgan fingerprint density at radius 1 is 1.21 bits per heavy atom. The zero-order valence-electron chi connectivity index (χ0n) is 18.7. The Kier molecular flexibility index (Phi) is 6.87. The number of piperidine rings is 1. The fourth-order valence-corrected chi connectivity index (χ4v) is 3.40. The molecule has 0 saturated carbocycles. The van der Waals surface area contributed by atoms with Crippen molar-refractivity contribution in [2.45, 2.75) is 38.9 Å². The van der Waals surface area contributed by atoms with Crippen molar-refractivity contribution in [2.24, 2.45) is 0 Å². The molecule has 1 amide bonds. The van der Waals surface area contributed by atoms with Crippen LogP contribution in [0.3, 0.4) is 0 Å². The fourth-order valence-electron chi connectivity index (χ4n) is 3.40. The second kappa shape index (κ2) is 10.2. The van der Waals surface area contributed by atoms with Crippen LogP contribution < -0.4 is 9.47 Å². The Labute approximate surface area is 195 Å². The van der Waals surface area contributed by atoms with E-state index in [0.717, 1.165) is 0 Å². The average molecular weight is 466 g/mol. The number of ether oxygens (including phenoxy) is 3. The molecule has 0 spiro atoms. The lowest BCUT2D eigenvalue weighted by atomic mass is 10.1. The van der Waals surface area contributed by atoms with Crippen LogP contribution in [0.25, 0.3) is 5.69 Å². The van der Waals surface area contributed by atoms with Crippen molar-refractivity contribution in [1.29, 1.82) is 0 Å². The Morgan fingerprint density at radius 3 is 2.62 bits per heavy atom. The molecular formula is C23H23FN6O4. The molecule has 1 aliphatic rings. The molecule has 3 heterocycles. The first-order chi connectivity index (χ1) is 16.4. The lowest BCUT2D eigenvalue weighted by molar-refractivity contribution is 0.0506. The molecule has 2 aromatic heterocycles. The SMILES string of the molecule is C#Cc1c(Oc2ccc(-n3cncn3)cc2F)ncnc1OC1CCN(C(=O)OC(C)C)CC1. The summed E-state index contributed by atoms with van der Waals surface area (Å²) in [5.41, 5.74) is 0.652. The smallest absolute Gasteiger partial charge is 0.410 e. The quantitative estimate of drug-likeness (QED) is 0.510. The monoisotopic (exact) mass is 466 g/mol. The summed E-state index contributed by atoms with van der Waals surface area (Å²) in [5.74, 6) is 1.94. The standard InChI is InChI=1S/C23H23FN6O4/c1-4-18-21(33-17-7-9-29(10-8-17)23(31)32-15(2)3)26-13-27-22(18)34-20-6-5-16(11-19(20)24)30-14-25-12-28-30/h1,5-6,11-15,17H,7-10H2,2-3H3. The summed E-state index contributed by atoms with van der Waals surface area (Å²) < 4.78 is 33.0. The van der Waals surface area contributed by atoms with E-state index in [0.29, 0.717) is 31.6 Å². The van der Waals surface area contributed by atoms with Crippen LogP contribution in [0, 0.1) is 18.2 Å². The number of aromatic nitrogens is 5. The van der Waals surface area contributed by atoms with Gasteiger partial charge >= 0.3 is 6.09 Å². The van der Waals surface area contributed by atoms with Crippen molar-refractivity contribution in [2.75, 3.05) is 13.1 Å². The summed E-state index contributed by atoms with van der Waals surface area (Å²) in [6, 6.07) is 4.33. The lowest BCUT2D eigenvalue weighted by Gasteiger charge is -2.31. The zero-order valence-corrected chi connectivity index (χ0v) is 18.7. The van der Waals surface area contributed by atoms with Crippen molar-refractivity contribution in [3.05, 3.63) is 48.6 Å². The van der Waals surface area contributed by atoms with Crippen molar-refractivity contribution in [3.8, 4) is 35.5 Å². The van der Waals surface area contributed by atoms with E-state index >= 15 is 0 Å². The van der Waals surface area contributed by atoms with Crippen molar-refractivity contribution >= 4 is 6.09 Å². The van der Waals surface area contributed by atoms with Crippen molar-refractivity contribution in [3.63, 3.8) is 0 Å². The van der Waals surface area contributed by atoms with Crippen molar-refractivity contribution in [1.82, 2.24) is 29.6 Å². The number of hydrogen-bond donors (Lipinski definition) is 0. The largest absolute Gasteiger partial charge is 0.473 e. The molecule has 0 bridgehead atoms. The lowest BCUT2D eigenvalue weighted by Crippen LogP contribution is -2.42. The van der Waals surface area contributed by atoms with E-state index in [2.05, 4.69) is 26.0 Å². The van der Waals surface area contributed by atoms with E-state index in [-0.39, 0.29) is 41.4 Å². The third kappa shape index (κ3) is 5.23. The number of amides is 1. The van der Waals surface area contributed by atoms with Gasteiger partial charge < -0.3 is 19.1 Å². The van der Waals surface area contributed by atoms with Crippen LogP contribution in [0.5, 0.6) is 17.5 Å². The normalized spacial score (nSPS) is 14.0. The summed E-state index contributed by atoms with van der Waals surface area (Å²) in [6.45, 7) is 4.58. The minimum atomic E-state index is -0.627. The van der Waals surface area contributed by atoms with E-state index in [9.17, 15) is 9.18 Å². The van der Waals surface area contributed by atoms with Gasteiger partial charge in [0.1, 0.15) is 30.6 Å². The van der Waals surface area contributed by atoms with Crippen LogP contribution in [0.15, 0.2) is 37.2 Å². The number of likely N-dealkylation sites (tertiary alicyclic amines) is 1. The second-order valence-electron chi connectivity index (χ2n) is 7.80. The molecule has 0 radical (unpaired) electrons. The van der Waals surface area contributed by atoms with Gasteiger partial charge in [0.25, 0.3) is 0 Å². The van der Waals surface area contributed by atoms with Gasteiger partial charge in [-0.05, 0) is 26.0 Å². The highest BCUT2D eigenvalue weighted by Gasteiger charge is 2.27. The van der Waals surface area contributed by atoms with Crippen LogP contribution in [0.4, 0.5) is 9.18 Å². The molecule has 0 aliphatic carbocycles. The number of benzene rings is 1. The molecule has 1 aromatic carbocycles. The van der Waals surface area contributed by atoms with Crippen LogP contribution in [-0.4, -0.2) is 61.0 Å². The number of carbonyl (C=O) groups is 1. The molecule has 4 rings (SSSR count).